The molecule has 1 aliphatic rings. The van der Waals surface area contributed by atoms with Crippen molar-refractivity contribution in [2.24, 2.45) is 0 Å². The molecule has 0 radical (unpaired) electrons. The van der Waals surface area contributed by atoms with E-state index in [1.54, 1.807) is 24.3 Å². The van der Waals surface area contributed by atoms with Crippen LogP contribution in [-0.4, -0.2) is 17.9 Å². The lowest BCUT2D eigenvalue weighted by Crippen LogP contribution is -2.27. The van der Waals surface area contributed by atoms with Crippen LogP contribution in [0.25, 0.3) is 10.8 Å². The summed E-state index contributed by atoms with van der Waals surface area (Å²) in [6.45, 7) is 0. The zero-order chi connectivity index (χ0) is 17.2. The SMILES string of the molecule is O=C(Nc1ccccc1C(=O)NC1CC1)c1ccc2ccccc2c1. The van der Waals surface area contributed by atoms with Crippen molar-refractivity contribution in [3.05, 3.63) is 77.9 Å². The van der Waals surface area contributed by atoms with Crippen LogP contribution < -0.4 is 10.6 Å². The van der Waals surface area contributed by atoms with E-state index in [0.29, 0.717) is 16.8 Å². The van der Waals surface area contributed by atoms with Gasteiger partial charge in [-0.15, -0.1) is 0 Å². The second-order valence-corrected chi connectivity index (χ2v) is 6.31. The van der Waals surface area contributed by atoms with Gasteiger partial charge in [0.25, 0.3) is 11.8 Å². The number of hydrogen-bond acceptors (Lipinski definition) is 2. The van der Waals surface area contributed by atoms with E-state index in [4.69, 9.17) is 0 Å². The molecule has 3 aromatic carbocycles. The molecule has 2 amide bonds. The van der Waals surface area contributed by atoms with Crippen molar-refractivity contribution in [2.75, 3.05) is 5.32 Å². The molecule has 0 heterocycles. The lowest BCUT2D eigenvalue weighted by Gasteiger charge is -2.11. The molecule has 0 saturated heterocycles. The third kappa shape index (κ3) is 3.38. The second kappa shape index (κ2) is 6.40. The maximum Gasteiger partial charge on any atom is 0.255 e. The zero-order valence-electron chi connectivity index (χ0n) is 13.7. The second-order valence-electron chi connectivity index (χ2n) is 6.31. The Balaban J connectivity index is 1.58. The van der Waals surface area contributed by atoms with Crippen molar-refractivity contribution in [1.82, 2.24) is 5.32 Å². The summed E-state index contributed by atoms with van der Waals surface area (Å²) in [5.74, 6) is -0.366. The Bertz CT molecular complexity index is 961. The number of carbonyl (C=O) groups is 2. The molecule has 0 atom stereocenters. The van der Waals surface area contributed by atoms with Crippen LogP contribution in [0.15, 0.2) is 66.7 Å². The summed E-state index contributed by atoms with van der Waals surface area (Å²) in [5, 5.41) is 7.92. The number of nitrogens with one attached hydrogen (secondary N) is 2. The molecule has 0 aromatic heterocycles. The van der Waals surface area contributed by atoms with Crippen LogP contribution in [0.5, 0.6) is 0 Å². The van der Waals surface area contributed by atoms with Crippen molar-refractivity contribution < 1.29 is 9.59 Å². The molecule has 0 bridgehead atoms. The predicted molar refractivity (Wildman–Crippen MR) is 98.8 cm³/mol. The monoisotopic (exact) mass is 330 g/mol. The van der Waals surface area contributed by atoms with Crippen LogP contribution >= 0.6 is 0 Å². The fourth-order valence-electron chi connectivity index (χ4n) is 2.81. The minimum Gasteiger partial charge on any atom is -0.349 e. The molecule has 1 fully saturated rings. The Hall–Kier alpha value is -3.14. The van der Waals surface area contributed by atoms with E-state index in [1.165, 1.54) is 0 Å². The largest absolute Gasteiger partial charge is 0.349 e. The number of anilines is 1. The molecular formula is C21H18N2O2. The van der Waals surface area contributed by atoms with Gasteiger partial charge < -0.3 is 10.6 Å². The number of amides is 2. The summed E-state index contributed by atoms with van der Waals surface area (Å²) >= 11 is 0. The first kappa shape index (κ1) is 15.4. The van der Waals surface area contributed by atoms with Gasteiger partial charge in [0, 0.05) is 11.6 Å². The Morgan fingerprint density at radius 1 is 0.800 bits per heavy atom. The highest BCUT2D eigenvalue weighted by molar-refractivity contribution is 6.10. The number of hydrogen-bond donors (Lipinski definition) is 2. The van der Waals surface area contributed by atoms with Crippen LogP contribution in [0.4, 0.5) is 5.69 Å². The summed E-state index contributed by atoms with van der Waals surface area (Å²) in [6.07, 6.45) is 2.05. The minimum atomic E-state index is -0.225. The first-order valence-corrected chi connectivity index (χ1v) is 8.41. The van der Waals surface area contributed by atoms with Gasteiger partial charge in [-0.25, -0.2) is 0 Å². The maximum absolute atomic E-state index is 12.6. The molecule has 2 N–H and O–H groups in total. The Morgan fingerprint density at radius 3 is 2.32 bits per heavy atom. The smallest absolute Gasteiger partial charge is 0.255 e. The lowest BCUT2D eigenvalue weighted by molar-refractivity contribution is 0.0952. The summed E-state index contributed by atoms with van der Waals surface area (Å²) in [7, 11) is 0. The molecule has 3 aromatic rings. The van der Waals surface area contributed by atoms with Gasteiger partial charge in [-0.05, 0) is 47.9 Å². The molecule has 4 heteroatoms. The van der Waals surface area contributed by atoms with Crippen LogP contribution in [-0.2, 0) is 0 Å². The van der Waals surface area contributed by atoms with Crippen LogP contribution in [0.2, 0.25) is 0 Å². The third-order valence-electron chi connectivity index (χ3n) is 4.34. The van der Waals surface area contributed by atoms with Crippen LogP contribution in [0.1, 0.15) is 33.6 Å². The summed E-state index contributed by atoms with van der Waals surface area (Å²) in [4.78, 5) is 25.0. The number of fused-ring (bicyclic) bond motifs is 1. The van der Waals surface area contributed by atoms with Gasteiger partial charge in [-0.2, -0.15) is 0 Å². The summed E-state index contributed by atoms with van der Waals surface area (Å²) in [6, 6.07) is 20.8. The van der Waals surface area contributed by atoms with Gasteiger partial charge in [0.2, 0.25) is 0 Å². The highest BCUT2D eigenvalue weighted by Crippen LogP contribution is 2.22. The first-order valence-electron chi connectivity index (χ1n) is 8.41. The normalized spacial score (nSPS) is 13.4. The highest BCUT2D eigenvalue weighted by Gasteiger charge is 2.25. The van der Waals surface area contributed by atoms with E-state index >= 15 is 0 Å². The number of carbonyl (C=O) groups excluding carboxylic acids is 2. The predicted octanol–water partition coefficient (Wildman–Crippen LogP) is 3.98. The molecule has 1 saturated carbocycles. The number of para-hydroxylation sites is 1. The molecule has 0 spiro atoms. The van der Waals surface area contributed by atoms with Crippen molar-refractivity contribution in [3.8, 4) is 0 Å². The fourth-order valence-corrected chi connectivity index (χ4v) is 2.81. The van der Waals surface area contributed by atoms with E-state index in [-0.39, 0.29) is 17.9 Å². The fraction of sp³-hybridized carbons (Fsp3) is 0.143. The molecule has 1 aliphatic carbocycles. The molecule has 124 valence electrons. The van der Waals surface area contributed by atoms with E-state index in [2.05, 4.69) is 10.6 Å². The van der Waals surface area contributed by atoms with E-state index < -0.39 is 0 Å². The molecule has 0 unspecified atom stereocenters. The van der Waals surface area contributed by atoms with Crippen molar-refractivity contribution >= 4 is 28.3 Å². The lowest BCUT2D eigenvalue weighted by atomic mass is 10.1. The van der Waals surface area contributed by atoms with Gasteiger partial charge >= 0.3 is 0 Å². The maximum atomic E-state index is 12.6. The topological polar surface area (TPSA) is 58.2 Å². The van der Waals surface area contributed by atoms with Crippen molar-refractivity contribution in [1.29, 1.82) is 0 Å². The standard InChI is InChI=1S/C21H18N2O2/c24-20(16-10-9-14-5-1-2-6-15(14)13-16)23-19-8-4-3-7-18(19)21(25)22-17-11-12-17/h1-10,13,17H,11-12H2,(H,22,25)(H,23,24). The van der Waals surface area contributed by atoms with E-state index in [9.17, 15) is 9.59 Å². The van der Waals surface area contributed by atoms with Gasteiger partial charge in [0.05, 0.1) is 11.3 Å². The molecule has 4 rings (SSSR count). The quantitative estimate of drug-likeness (QED) is 0.760. The zero-order valence-corrected chi connectivity index (χ0v) is 13.7. The van der Waals surface area contributed by atoms with Gasteiger partial charge in [0.1, 0.15) is 0 Å². The molecular weight excluding hydrogens is 312 g/mol. The van der Waals surface area contributed by atoms with Gasteiger partial charge in [-0.1, -0.05) is 42.5 Å². The minimum absolute atomic E-state index is 0.142. The Labute approximate surface area is 145 Å². The number of benzene rings is 3. The summed E-state index contributed by atoms with van der Waals surface area (Å²) in [5.41, 5.74) is 1.58. The Kier molecular flexibility index (Phi) is 3.94. The van der Waals surface area contributed by atoms with Crippen molar-refractivity contribution in [3.63, 3.8) is 0 Å². The summed E-state index contributed by atoms with van der Waals surface area (Å²) < 4.78 is 0. The van der Waals surface area contributed by atoms with Crippen LogP contribution in [0, 0.1) is 0 Å². The van der Waals surface area contributed by atoms with Crippen LogP contribution in [0.3, 0.4) is 0 Å². The average Bonchev–Trinajstić information content (AvgIpc) is 3.45. The molecule has 25 heavy (non-hydrogen) atoms. The third-order valence-corrected chi connectivity index (χ3v) is 4.34. The first-order chi connectivity index (χ1) is 12.2. The average molecular weight is 330 g/mol. The Morgan fingerprint density at radius 2 is 1.52 bits per heavy atom. The van der Waals surface area contributed by atoms with Gasteiger partial charge in [0.15, 0.2) is 0 Å². The van der Waals surface area contributed by atoms with E-state index in [1.807, 2.05) is 42.5 Å². The van der Waals surface area contributed by atoms with Gasteiger partial charge in [-0.3, -0.25) is 9.59 Å². The number of rotatable bonds is 4. The van der Waals surface area contributed by atoms with Crippen molar-refractivity contribution in [2.45, 2.75) is 18.9 Å². The molecule has 0 aliphatic heterocycles. The highest BCUT2D eigenvalue weighted by atomic mass is 16.2. The van der Waals surface area contributed by atoms with E-state index in [0.717, 1.165) is 23.6 Å². The molecule has 4 nitrogen and oxygen atoms in total.